The van der Waals surface area contributed by atoms with Crippen molar-refractivity contribution < 1.29 is 26.9 Å². The van der Waals surface area contributed by atoms with Gasteiger partial charge in [-0.2, -0.15) is 8.42 Å². The van der Waals surface area contributed by atoms with Crippen LogP contribution in [0.5, 0.6) is 0 Å². The summed E-state index contributed by atoms with van der Waals surface area (Å²) in [5, 5.41) is -0.478. The molecule has 2 aromatic carbocycles. The highest BCUT2D eigenvalue weighted by molar-refractivity contribution is 8.00. The summed E-state index contributed by atoms with van der Waals surface area (Å²) in [4.78, 5) is 26.8. The number of fused-ring (bicyclic) bond motifs is 1. The summed E-state index contributed by atoms with van der Waals surface area (Å²) in [5.74, 6) is -1.42. The number of carbonyl (C=O) groups excluding carboxylic acids is 2. The number of esters is 1. The zero-order chi connectivity index (χ0) is 22.2. The number of carbonyl (C=O) groups is 2. The first-order valence-electron chi connectivity index (χ1n) is 9.40. The van der Waals surface area contributed by atoms with E-state index in [1.165, 1.54) is 11.8 Å². The summed E-state index contributed by atoms with van der Waals surface area (Å²) in [6, 6.07) is 17.5. The molecule has 2 N–H and O–H groups in total. The highest BCUT2D eigenvalue weighted by Gasteiger charge is 2.53. The second-order valence-corrected chi connectivity index (χ2v) is 9.78. The quantitative estimate of drug-likeness (QED) is 0.394. The van der Waals surface area contributed by atoms with Crippen LogP contribution in [0, 0.1) is 0 Å². The summed E-state index contributed by atoms with van der Waals surface area (Å²) >= 11 is 1.23. The van der Waals surface area contributed by atoms with Crippen LogP contribution in [-0.4, -0.2) is 48.6 Å². The van der Waals surface area contributed by atoms with Crippen molar-refractivity contribution >= 4 is 33.8 Å². The third-order valence-electron chi connectivity index (χ3n) is 4.85. The minimum Gasteiger partial charge on any atom is -0.448 e. The van der Waals surface area contributed by atoms with E-state index in [1.807, 2.05) is 60.7 Å². The monoisotopic (exact) mass is 460 g/mol. The molecule has 2 atom stereocenters. The van der Waals surface area contributed by atoms with Crippen molar-refractivity contribution in [3.05, 3.63) is 83.2 Å². The van der Waals surface area contributed by atoms with E-state index in [0.29, 0.717) is 0 Å². The van der Waals surface area contributed by atoms with Crippen molar-refractivity contribution in [2.75, 3.05) is 12.0 Å². The van der Waals surface area contributed by atoms with Crippen molar-refractivity contribution in [2.24, 2.45) is 5.73 Å². The average molecular weight is 461 g/mol. The summed E-state index contributed by atoms with van der Waals surface area (Å²) in [7, 11) is -3.92. The maximum atomic E-state index is 13.3. The van der Waals surface area contributed by atoms with Crippen molar-refractivity contribution in [1.29, 1.82) is 0 Å². The van der Waals surface area contributed by atoms with Crippen molar-refractivity contribution in [1.82, 2.24) is 4.90 Å². The topological polar surface area (TPSA) is 116 Å². The van der Waals surface area contributed by atoms with Gasteiger partial charge in [0.2, 0.25) is 5.91 Å². The van der Waals surface area contributed by atoms with Crippen LogP contribution in [0.3, 0.4) is 0 Å². The number of hydrogen-bond acceptors (Lipinski definition) is 8. The van der Waals surface area contributed by atoms with Crippen molar-refractivity contribution in [3.63, 3.8) is 0 Å². The lowest BCUT2D eigenvalue weighted by Crippen LogP contribution is -2.68. The molecule has 0 radical (unpaired) electrons. The molecule has 1 amide bonds. The standard InChI is InChI=1S/C21H20N2O6S2/c1-31(26,27)29-15-12-30-20-16(22)19(24)23(20)17(15)21(25)28-18(13-8-4-2-5-9-13)14-10-6-3-7-11-14/h2-11,16,18,20H,12,22H2,1H3/t16-,20+/m0/s1. The molecule has 2 aliphatic rings. The molecule has 2 aromatic rings. The van der Waals surface area contributed by atoms with Gasteiger partial charge in [0.25, 0.3) is 0 Å². The lowest BCUT2D eigenvalue weighted by atomic mass is 10.0. The number of benzene rings is 2. The Kier molecular flexibility index (Phi) is 5.78. The summed E-state index contributed by atoms with van der Waals surface area (Å²) in [6.45, 7) is 0. The summed E-state index contributed by atoms with van der Waals surface area (Å²) in [5.41, 5.74) is 7.07. The Balaban J connectivity index is 1.72. The Morgan fingerprint density at radius 3 is 2.16 bits per heavy atom. The minimum atomic E-state index is -3.92. The number of nitrogens with two attached hydrogens (primary N) is 1. The lowest BCUT2D eigenvalue weighted by Gasteiger charge is -2.47. The lowest BCUT2D eigenvalue weighted by molar-refractivity contribution is -0.153. The van der Waals surface area contributed by atoms with Gasteiger partial charge in [-0.25, -0.2) is 4.79 Å². The highest BCUT2D eigenvalue weighted by atomic mass is 32.2. The van der Waals surface area contributed by atoms with E-state index in [4.69, 9.17) is 14.7 Å². The van der Waals surface area contributed by atoms with E-state index in [2.05, 4.69) is 0 Å². The van der Waals surface area contributed by atoms with E-state index in [0.717, 1.165) is 22.3 Å². The van der Waals surface area contributed by atoms with E-state index in [1.54, 1.807) is 0 Å². The van der Waals surface area contributed by atoms with Gasteiger partial charge in [0.15, 0.2) is 17.6 Å². The van der Waals surface area contributed by atoms with Gasteiger partial charge in [-0.1, -0.05) is 60.7 Å². The zero-order valence-corrected chi connectivity index (χ0v) is 18.1. The highest BCUT2D eigenvalue weighted by Crippen LogP contribution is 2.41. The molecule has 0 unspecified atom stereocenters. The van der Waals surface area contributed by atoms with E-state index in [9.17, 15) is 18.0 Å². The van der Waals surface area contributed by atoms with Crippen LogP contribution < -0.4 is 5.73 Å². The van der Waals surface area contributed by atoms with Gasteiger partial charge in [0.05, 0.1) is 12.0 Å². The summed E-state index contributed by atoms with van der Waals surface area (Å²) in [6.07, 6.45) is 0.111. The minimum absolute atomic E-state index is 0.0704. The van der Waals surface area contributed by atoms with Gasteiger partial charge in [-0.15, -0.1) is 11.8 Å². The Labute approximate surface area is 184 Å². The second-order valence-electron chi connectivity index (χ2n) is 7.10. The Bertz CT molecular complexity index is 1100. The van der Waals surface area contributed by atoms with Crippen LogP contribution >= 0.6 is 11.8 Å². The van der Waals surface area contributed by atoms with Gasteiger partial charge >= 0.3 is 16.1 Å². The number of ether oxygens (including phenoxy) is 1. The first-order valence-corrected chi connectivity index (χ1v) is 12.3. The zero-order valence-electron chi connectivity index (χ0n) is 16.5. The van der Waals surface area contributed by atoms with Crippen LogP contribution in [0.15, 0.2) is 72.1 Å². The van der Waals surface area contributed by atoms with Gasteiger partial charge < -0.3 is 14.7 Å². The fourth-order valence-electron chi connectivity index (χ4n) is 3.47. The van der Waals surface area contributed by atoms with Gasteiger partial charge in [0, 0.05) is 0 Å². The maximum Gasteiger partial charge on any atom is 0.359 e. The van der Waals surface area contributed by atoms with Crippen LogP contribution in [0.2, 0.25) is 0 Å². The van der Waals surface area contributed by atoms with E-state index in [-0.39, 0.29) is 17.2 Å². The van der Waals surface area contributed by atoms with Crippen molar-refractivity contribution in [2.45, 2.75) is 17.5 Å². The first kappa shape index (κ1) is 21.4. The number of hydrogen-bond donors (Lipinski definition) is 1. The number of β-lactam (4-membered cyclic amide) rings is 1. The Morgan fingerprint density at radius 2 is 1.65 bits per heavy atom. The molecule has 1 saturated heterocycles. The van der Waals surface area contributed by atoms with Crippen LogP contribution in [0.1, 0.15) is 17.2 Å². The molecule has 0 aromatic heterocycles. The maximum absolute atomic E-state index is 13.3. The number of nitrogens with zero attached hydrogens (tertiary/aromatic N) is 1. The predicted octanol–water partition coefficient (Wildman–Crippen LogP) is 1.75. The van der Waals surface area contributed by atoms with E-state index < -0.39 is 39.5 Å². The Morgan fingerprint density at radius 1 is 1.10 bits per heavy atom. The molecule has 0 bridgehead atoms. The van der Waals surface area contributed by atoms with Gasteiger partial charge in [-0.05, 0) is 11.1 Å². The molecule has 0 aliphatic carbocycles. The van der Waals surface area contributed by atoms with E-state index >= 15 is 0 Å². The van der Waals surface area contributed by atoms with Gasteiger partial charge in [0.1, 0.15) is 11.4 Å². The SMILES string of the molecule is CS(=O)(=O)OC1=C(C(=O)OC(c2ccccc2)c2ccccc2)N2C(=O)[C@H](N)[C@H]2SC1. The molecule has 4 rings (SSSR count). The summed E-state index contributed by atoms with van der Waals surface area (Å²) < 4.78 is 34.3. The number of amides is 1. The molecular formula is C21H20N2O6S2. The molecule has 2 heterocycles. The molecule has 1 fully saturated rings. The molecule has 0 saturated carbocycles. The predicted molar refractivity (Wildman–Crippen MR) is 115 cm³/mol. The fourth-order valence-corrected chi connectivity index (χ4v) is 5.25. The van der Waals surface area contributed by atoms with Crippen LogP contribution in [0.25, 0.3) is 0 Å². The third kappa shape index (κ3) is 4.32. The molecule has 31 heavy (non-hydrogen) atoms. The second kappa shape index (κ2) is 8.37. The normalized spacial score (nSPS) is 20.9. The fraction of sp³-hybridized carbons (Fsp3) is 0.238. The molecule has 0 spiro atoms. The average Bonchev–Trinajstić information content (AvgIpc) is 2.76. The van der Waals surface area contributed by atoms with Gasteiger partial charge in [-0.3, -0.25) is 9.69 Å². The number of rotatable bonds is 6. The third-order valence-corrected chi connectivity index (χ3v) is 6.63. The molecule has 8 nitrogen and oxygen atoms in total. The number of thioether (sulfide) groups is 1. The van der Waals surface area contributed by atoms with Crippen molar-refractivity contribution in [3.8, 4) is 0 Å². The van der Waals surface area contributed by atoms with Crippen LogP contribution in [0.4, 0.5) is 0 Å². The first-order chi connectivity index (χ1) is 14.8. The molecule has 2 aliphatic heterocycles. The smallest absolute Gasteiger partial charge is 0.359 e. The Hall–Kier alpha value is -2.82. The van der Waals surface area contributed by atoms with Crippen LogP contribution in [-0.2, 0) is 28.6 Å². The molecule has 162 valence electrons. The largest absolute Gasteiger partial charge is 0.448 e. The molecule has 10 heteroatoms. The molecular weight excluding hydrogens is 440 g/mol.